The number of hydrogen-bond donors (Lipinski definition) is 3. The Hall–Kier alpha value is -1.28. The van der Waals surface area contributed by atoms with Gasteiger partial charge in [-0.3, -0.25) is 0 Å². The van der Waals surface area contributed by atoms with Crippen LogP contribution in [0.15, 0.2) is 0 Å². The van der Waals surface area contributed by atoms with E-state index in [0.29, 0.717) is 0 Å². The summed E-state index contributed by atoms with van der Waals surface area (Å²) in [4.78, 5) is 0. The average Bonchev–Trinajstić information content (AvgIpc) is 2.11. The van der Waals surface area contributed by atoms with Gasteiger partial charge in [-0.05, 0) is 0 Å². The highest BCUT2D eigenvalue weighted by atomic mass is 19.2. The van der Waals surface area contributed by atoms with Crippen molar-refractivity contribution in [1.29, 1.82) is 0 Å². The van der Waals surface area contributed by atoms with Gasteiger partial charge in [-0.15, -0.1) is 0 Å². The molecular weight excluding hydrogens is 207 g/mol. The Labute approximate surface area is 75.4 Å². The fraction of sp³-hybridized carbons (Fsp3) is 0. The molecule has 14 heavy (non-hydrogen) atoms. The van der Waals surface area contributed by atoms with Gasteiger partial charge in [0.15, 0.2) is 17.4 Å². The van der Waals surface area contributed by atoms with Crippen molar-refractivity contribution < 1.29 is 32.7 Å². The van der Waals surface area contributed by atoms with Crippen LogP contribution in [-0.2, 0) is 0 Å². The SMILES string of the molecule is OB(O)c1c(O)c(F)c(F)c(F)c1F. The van der Waals surface area contributed by atoms with E-state index in [2.05, 4.69) is 0 Å². The molecule has 0 saturated carbocycles. The molecule has 0 aromatic heterocycles. The summed E-state index contributed by atoms with van der Waals surface area (Å²) >= 11 is 0. The third-order valence-electron chi connectivity index (χ3n) is 1.54. The zero-order valence-electron chi connectivity index (χ0n) is 6.43. The highest BCUT2D eigenvalue weighted by Crippen LogP contribution is 2.21. The number of phenols is 1. The molecule has 3 N–H and O–H groups in total. The first-order valence-corrected chi connectivity index (χ1v) is 3.28. The second-order valence-corrected chi connectivity index (χ2v) is 2.39. The molecule has 1 rings (SSSR count). The van der Waals surface area contributed by atoms with Gasteiger partial charge in [0, 0.05) is 0 Å². The smallest absolute Gasteiger partial charge is 0.495 e. The lowest BCUT2D eigenvalue weighted by Gasteiger charge is -2.07. The molecule has 1 aromatic rings. The zero-order chi connectivity index (χ0) is 11.0. The molecule has 0 aliphatic rings. The van der Waals surface area contributed by atoms with E-state index in [4.69, 9.17) is 15.2 Å². The molecule has 76 valence electrons. The quantitative estimate of drug-likeness (QED) is 0.256. The highest BCUT2D eigenvalue weighted by Gasteiger charge is 2.31. The van der Waals surface area contributed by atoms with Gasteiger partial charge < -0.3 is 15.2 Å². The number of aromatic hydroxyl groups is 1. The lowest BCUT2D eigenvalue weighted by molar-refractivity contribution is 0.362. The molecule has 0 heterocycles. The Morgan fingerprint density at radius 3 is 1.64 bits per heavy atom. The maximum Gasteiger partial charge on any atom is 0.495 e. The molecular formula is C6H3BF4O3. The predicted molar refractivity (Wildman–Crippen MR) is 37.8 cm³/mol. The number of halogens is 4. The second-order valence-electron chi connectivity index (χ2n) is 2.39. The van der Waals surface area contributed by atoms with Crippen molar-refractivity contribution >= 4 is 12.6 Å². The molecule has 0 amide bonds. The average molecular weight is 210 g/mol. The summed E-state index contributed by atoms with van der Waals surface area (Å²) in [6, 6.07) is 0. The monoisotopic (exact) mass is 210 g/mol. The minimum atomic E-state index is -2.64. The van der Waals surface area contributed by atoms with Crippen LogP contribution in [0.2, 0.25) is 0 Å². The van der Waals surface area contributed by atoms with Gasteiger partial charge >= 0.3 is 7.12 Å². The van der Waals surface area contributed by atoms with E-state index in [1.165, 1.54) is 0 Å². The Bertz CT molecular complexity index is 353. The van der Waals surface area contributed by atoms with Gasteiger partial charge in [0.2, 0.25) is 11.6 Å². The van der Waals surface area contributed by atoms with E-state index < -0.39 is 41.6 Å². The molecule has 0 bridgehead atoms. The van der Waals surface area contributed by atoms with Gasteiger partial charge in [0.1, 0.15) is 0 Å². The van der Waals surface area contributed by atoms with Crippen LogP contribution >= 0.6 is 0 Å². The van der Waals surface area contributed by atoms with Crippen molar-refractivity contribution in [3.05, 3.63) is 23.3 Å². The second kappa shape index (κ2) is 3.47. The van der Waals surface area contributed by atoms with Crippen LogP contribution in [0.3, 0.4) is 0 Å². The van der Waals surface area contributed by atoms with E-state index in [-0.39, 0.29) is 0 Å². The van der Waals surface area contributed by atoms with Crippen molar-refractivity contribution in [3.8, 4) is 5.75 Å². The van der Waals surface area contributed by atoms with Crippen LogP contribution < -0.4 is 5.46 Å². The minimum Gasteiger partial charge on any atom is -0.505 e. The first-order valence-electron chi connectivity index (χ1n) is 3.28. The normalized spacial score (nSPS) is 10.4. The molecule has 1 aromatic carbocycles. The van der Waals surface area contributed by atoms with E-state index in [1.54, 1.807) is 0 Å². The summed E-state index contributed by atoms with van der Waals surface area (Å²) in [5, 5.41) is 25.6. The first-order chi connectivity index (χ1) is 6.37. The summed E-state index contributed by atoms with van der Waals surface area (Å²) < 4.78 is 50.1. The molecule has 0 atom stereocenters. The summed E-state index contributed by atoms with van der Waals surface area (Å²) in [6.45, 7) is 0. The summed E-state index contributed by atoms with van der Waals surface area (Å²) in [5.41, 5.74) is -1.44. The van der Waals surface area contributed by atoms with E-state index >= 15 is 0 Å². The van der Waals surface area contributed by atoms with Crippen molar-refractivity contribution in [2.75, 3.05) is 0 Å². The molecule has 0 radical (unpaired) electrons. The van der Waals surface area contributed by atoms with Gasteiger partial charge in [-0.1, -0.05) is 0 Å². The molecule has 0 fully saturated rings. The Balaban J connectivity index is 3.60. The lowest BCUT2D eigenvalue weighted by Crippen LogP contribution is -2.35. The maximum absolute atomic E-state index is 12.7. The largest absolute Gasteiger partial charge is 0.505 e. The van der Waals surface area contributed by atoms with E-state index in [1.807, 2.05) is 0 Å². The first kappa shape index (κ1) is 10.8. The van der Waals surface area contributed by atoms with Crippen molar-refractivity contribution in [1.82, 2.24) is 0 Å². The zero-order valence-corrected chi connectivity index (χ0v) is 6.43. The van der Waals surface area contributed by atoms with Crippen LogP contribution in [0.5, 0.6) is 5.75 Å². The van der Waals surface area contributed by atoms with Gasteiger partial charge in [-0.25, -0.2) is 13.2 Å². The Kier molecular flexibility index (Phi) is 2.67. The lowest BCUT2D eigenvalue weighted by atomic mass is 9.78. The van der Waals surface area contributed by atoms with Crippen LogP contribution in [0.4, 0.5) is 17.6 Å². The molecule has 0 saturated heterocycles. The predicted octanol–water partition coefficient (Wildman–Crippen LogP) is -0.372. The number of benzene rings is 1. The minimum absolute atomic E-state index is 1.44. The molecule has 0 aliphatic carbocycles. The fourth-order valence-corrected chi connectivity index (χ4v) is 0.873. The molecule has 0 aliphatic heterocycles. The molecule has 3 nitrogen and oxygen atoms in total. The number of hydrogen-bond acceptors (Lipinski definition) is 3. The molecule has 8 heteroatoms. The van der Waals surface area contributed by atoms with Crippen LogP contribution in [0.25, 0.3) is 0 Å². The number of phenolic OH excluding ortho intramolecular Hbond substituents is 1. The van der Waals surface area contributed by atoms with E-state index in [0.717, 1.165) is 0 Å². The Morgan fingerprint density at radius 2 is 1.21 bits per heavy atom. The maximum atomic E-state index is 12.7. The van der Waals surface area contributed by atoms with E-state index in [9.17, 15) is 17.6 Å². The van der Waals surface area contributed by atoms with Crippen molar-refractivity contribution in [2.45, 2.75) is 0 Å². The fourth-order valence-electron chi connectivity index (χ4n) is 0.873. The molecule has 0 unspecified atom stereocenters. The third-order valence-corrected chi connectivity index (χ3v) is 1.54. The van der Waals surface area contributed by atoms with Crippen LogP contribution in [-0.4, -0.2) is 22.3 Å². The summed E-state index contributed by atoms with van der Waals surface area (Å²) in [6.07, 6.45) is 0. The van der Waals surface area contributed by atoms with Crippen molar-refractivity contribution in [3.63, 3.8) is 0 Å². The van der Waals surface area contributed by atoms with Crippen molar-refractivity contribution in [2.24, 2.45) is 0 Å². The Morgan fingerprint density at radius 1 is 0.786 bits per heavy atom. The summed E-state index contributed by atoms with van der Waals surface area (Å²) in [5.74, 6) is -10.2. The summed E-state index contributed by atoms with van der Waals surface area (Å²) in [7, 11) is -2.64. The highest BCUT2D eigenvalue weighted by molar-refractivity contribution is 6.59. The van der Waals surface area contributed by atoms with Gasteiger partial charge in [0.05, 0.1) is 5.46 Å². The topological polar surface area (TPSA) is 60.7 Å². The molecule has 0 spiro atoms. The van der Waals surface area contributed by atoms with Crippen LogP contribution in [0, 0.1) is 23.3 Å². The standard InChI is InChI=1S/C6H3BF4O3/c8-2-1(7(13)14)6(12)5(11)4(10)3(2)9/h12-14H. The van der Waals surface area contributed by atoms with Gasteiger partial charge in [-0.2, -0.15) is 4.39 Å². The third kappa shape index (κ3) is 1.42. The van der Waals surface area contributed by atoms with Gasteiger partial charge in [0.25, 0.3) is 0 Å². The number of rotatable bonds is 1. The van der Waals surface area contributed by atoms with Crippen LogP contribution in [0.1, 0.15) is 0 Å².